The highest BCUT2D eigenvalue weighted by atomic mass is 16.6. The summed E-state index contributed by atoms with van der Waals surface area (Å²) >= 11 is 0. The summed E-state index contributed by atoms with van der Waals surface area (Å²) in [6.07, 6.45) is 3.97. The van der Waals surface area contributed by atoms with Crippen LogP contribution >= 0.6 is 0 Å². The van der Waals surface area contributed by atoms with Crippen molar-refractivity contribution in [2.24, 2.45) is 17.8 Å². The Morgan fingerprint density at radius 1 is 1.07 bits per heavy atom. The van der Waals surface area contributed by atoms with Gasteiger partial charge >= 0.3 is 12.1 Å². The third kappa shape index (κ3) is 9.90. The number of nitrogens with one attached hydrogen (secondary N) is 1. The van der Waals surface area contributed by atoms with Crippen LogP contribution in [0, 0.1) is 17.8 Å². The number of unbranched alkanes of at least 4 members (excludes halogenated alkanes) is 1. The predicted molar refractivity (Wildman–Crippen MR) is 213 cm³/mol. The van der Waals surface area contributed by atoms with E-state index < -0.39 is 47.2 Å². The predicted octanol–water partition coefficient (Wildman–Crippen LogP) is 3.60. The highest BCUT2D eigenvalue weighted by Crippen LogP contribution is 2.41. The van der Waals surface area contributed by atoms with Gasteiger partial charge in [-0.25, -0.2) is 4.79 Å². The number of rotatable bonds is 11. The number of carbonyl (C=O) groups is 3. The number of nitrogens with zero attached hydrogens (tertiary/aromatic N) is 5. The molecule has 3 saturated heterocycles. The van der Waals surface area contributed by atoms with Crippen molar-refractivity contribution in [1.29, 1.82) is 0 Å². The number of hydrogen-bond acceptors (Lipinski definition) is 12. The van der Waals surface area contributed by atoms with E-state index in [2.05, 4.69) is 34.4 Å². The summed E-state index contributed by atoms with van der Waals surface area (Å²) in [5.41, 5.74) is 6.50. The lowest BCUT2D eigenvalue weighted by molar-refractivity contribution is -0.170. The SMILES string of the molecule is B[C@@H]1[C@@H](C)C(=O)[C@@H](C)C(=O)O[C@H](CC)[C@@]2(C)OC(=O)N(CCCCn3cc(-c4cccc(N)c4)nn3)[C@@H]2[C@@H](CCN2CCOCC2)NC[C@H](C)C[C@@]1(C)OC. The van der Waals surface area contributed by atoms with Crippen LogP contribution in [0.15, 0.2) is 30.5 Å². The van der Waals surface area contributed by atoms with Gasteiger partial charge in [0.1, 0.15) is 31.3 Å². The molecule has 9 atom stereocenters. The molecule has 15 heteroatoms. The van der Waals surface area contributed by atoms with Crippen LogP contribution in [-0.2, 0) is 35.1 Å². The van der Waals surface area contributed by atoms with Crippen LogP contribution in [0.5, 0.6) is 0 Å². The summed E-state index contributed by atoms with van der Waals surface area (Å²) in [6.45, 7) is 17.2. The minimum Gasteiger partial charge on any atom is -0.458 e. The van der Waals surface area contributed by atoms with Crippen LogP contribution in [0.2, 0.25) is 5.82 Å². The lowest BCUT2D eigenvalue weighted by Crippen LogP contribution is -2.62. The van der Waals surface area contributed by atoms with Gasteiger partial charge in [-0.3, -0.25) is 24.1 Å². The average Bonchev–Trinajstić information content (AvgIpc) is 3.75. The number of amides is 1. The zero-order chi connectivity index (χ0) is 39.9. The number of aromatic nitrogens is 3. The molecular weight excluding hydrogens is 701 g/mol. The van der Waals surface area contributed by atoms with Crippen LogP contribution in [0.3, 0.4) is 0 Å². The Morgan fingerprint density at radius 3 is 2.49 bits per heavy atom. The number of methoxy groups -OCH3 is 1. The van der Waals surface area contributed by atoms with Crippen molar-refractivity contribution in [3.63, 3.8) is 0 Å². The number of benzene rings is 1. The zero-order valence-electron chi connectivity index (χ0n) is 34.3. The number of morpholine rings is 1. The minimum absolute atomic E-state index is 0.151. The van der Waals surface area contributed by atoms with E-state index in [0.717, 1.165) is 43.7 Å². The average molecular weight is 766 g/mol. The number of nitrogen functional groups attached to an aromatic ring is 1. The maximum atomic E-state index is 14.1. The molecule has 3 aliphatic heterocycles. The summed E-state index contributed by atoms with van der Waals surface area (Å²) < 4.78 is 26.2. The first-order valence-electron chi connectivity index (χ1n) is 20.3. The molecule has 0 unspecified atom stereocenters. The van der Waals surface area contributed by atoms with Gasteiger partial charge in [0, 0.05) is 56.5 Å². The molecule has 0 saturated carbocycles. The fraction of sp³-hybridized carbons (Fsp3) is 0.725. The first-order valence-corrected chi connectivity index (χ1v) is 20.3. The molecular formula is C40H64BN7O7. The van der Waals surface area contributed by atoms with Crippen molar-refractivity contribution in [3.05, 3.63) is 30.5 Å². The Kier molecular flexibility index (Phi) is 14.4. The number of ether oxygens (including phenoxy) is 4. The molecule has 55 heavy (non-hydrogen) atoms. The van der Waals surface area contributed by atoms with Crippen molar-refractivity contribution < 1.29 is 33.3 Å². The molecule has 3 N–H and O–H groups in total. The Hall–Kier alpha value is -3.53. The molecule has 0 spiro atoms. The largest absolute Gasteiger partial charge is 0.458 e. The van der Waals surface area contributed by atoms with Gasteiger partial charge in [-0.2, -0.15) is 0 Å². The Morgan fingerprint density at radius 2 is 1.80 bits per heavy atom. The second kappa shape index (κ2) is 18.6. The van der Waals surface area contributed by atoms with E-state index in [0.29, 0.717) is 57.8 Å². The van der Waals surface area contributed by atoms with Gasteiger partial charge in [0.2, 0.25) is 0 Å². The number of cyclic esters (lactones) is 1. The molecule has 1 aromatic heterocycles. The smallest absolute Gasteiger partial charge is 0.410 e. The van der Waals surface area contributed by atoms with Crippen molar-refractivity contribution in [2.45, 2.75) is 115 Å². The Bertz CT molecular complexity index is 1610. The van der Waals surface area contributed by atoms with Crippen molar-refractivity contribution >= 4 is 31.4 Å². The number of esters is 1. The molecule has 5 rings (SSSR count). The Labute approximate surface area is 327 Å². The Balaban J connectivity index is 1.43. The quantitative estimate of drug-likeness (QED) is 0.113. The fourth-order valence-corrected chi connectivity index (χ4v) is 8.85. The molecule has 0 radical (unpaired) electrons. The maximum Gasteiger partial charge on any atom is 0.410 e. The number of nitrogens with two attached hydrogens (primary N) is 1. The number of fused-ring (bicyclic) bond motifs is 1. The zero-order valence-corrected chi connectivity index (χ0v) is 34.3. The van der Waals surface area contributed by atoms with Crippen LogP contribution in [0.4, 0.5) is 10.5 Å². The molecule has 4 heterocycles. The highest BCUT2D eigenvalue weighted by molar-refractivity contribution is 6.15. The molecule has 0 aliphatic carbocycles. The van der Waals surface area contributed by atoms with E-state index in [1.165, 1.54) is 0 Å². The maximum absolute atomic E-state index is 14.1. The van der Waals surface area contributed by atoms with Gasteiger partial charge < -0.3 is 30.0 Å². The van der Waals surface area contributed by atoms with Gasteiger partial charge in [-0.1, -0.05) is 38.1 Å². The number of hydrogen-bond donors (Lipinski definition) is 2. The number of ketones is 1. The minimum atomic E-state index is -1.19. The van der Waals surface area contributed by atoms with E-state index in [4.69, 9.17) is 24.7 Å². The standard InChI is InChI=1S/C40H64BN7O7/c1-8-33-40(6)36(48(38(51)55-40)16-10-9-15-47-25-32(44-45-47)29-12-11-13-30(42)22-29)31(14-17-46-18-20-53-21-19-46)43-24-26(2)23-39(5,52-7)35(41)27(3)34(49)28(4)37(50)54-33/h11-13,22,25-28,31,33,35-36,43H,8-10,14-21,23-24,41-42H2,1-7H3/t26-,27+,28-,31-,33-,35-,36-,39-,40-/m1/s1. The van der Waals surface area contributed by atoms with Crippen LogP contribution in [0.25, 0.3) is 11.3 Å². The molecule has 2 aromatic rings. The molecule has 1 amide bonds. The van der Waals surface area contributed by atoms with Gasteiger partial charge in [-0.05, 0) is 89.8 Å². The number of anilines is 1. The van der Waals surface area contributed by atoms with E-state index in [-0.39, 0.29) is 23.6 Å². The number of aryl methyl sites for hydroxylation is 1. The first-order chi connectivity index (χ1) is 26.2. The lowest BCUT2D eigenvalue weighted by atomic mass is 9.62. The summed E-state index contributed by atoms with van der Waals surface area (Å²) in [4.78, 5) is 46.0. The van der Waals surface area contributed by atoms with E-state index >= 15 is 0 Å². The van der Waals surface area contributed by atoms with E-state index in [1.807, 2.05) is 68.7 Å². The third-order valence-corrected chi connectivity index (χ3v) is 12.6. The van der Waals surface area contributed by atoms with Crippen molar-refractivity contribution in [2.75, 3.05) is 58.8 Å². The fourth-order valence-electron chi connectivity index (χ4n) is 8.85. The first kappa shape index (κ1) is 42.6. The van der Waals surface area contributed by atoms with E-state index in [9.17, 15) is 14.4 Å². The van der Waals surface area contributed by atoms with Crippen molar-refractivity contribution in [3.8, 4) is 11.3 Å². The second-order valence-electron chi connectivity index (χ2n) is 16.5. The summed E-state index contributed by atoms with van der Waals surface area (Å²) in [5.74, 6) is -2.20. The normalized spacial score (nSPS) is 33.0. The molecule has 304 valence electrons. The van der Waals surface area contributed by atoms with Crippen LogP contribution in [-0.4, -0.2) is 133 Å². The highest BCUT2D eigenvalue weighted by Gasteiger charge is 2.59. The number of Topliss-reactive ketones (excluding diaryl/α,β-unsaturated/α-hetero) is 1. The molecule has 1 aromatic carbocycles. The van der Waals surface area contributed by atoms with E-state index in [1.54, 1.807) is 14.0 Å². The van der Waals surface area contributed by atoms with Gasteiger partial charge in [-0.15, -0.1) is 5.10 Å². The van der Waals surface area contributed by atoms with Gasteiger partial charge in [0.05, 0.1) is 31.1 Å². The number of carbonyl (C=O) groups excluding carboxylic acids is 3. The molecule has 0 bridgehead atoms. The van der Waals surface area contributed by atoms with Crippen molar-refractivity contribution in [1.82, 2.24) is 30.1 Å². The molecule has 3 aliphatic rings. The topological polar surface area (TPSA) is 163 Å². The summed E-state index contributed by atoms with van der Waals surface area (Å²) in [7, 11) is 3.73. The van der Waals surface area contributed by atoms with Crippen LogP contribution < -0.4 is 11.1 Å². The van der Waals surface area contributed by atoms with Gasteiger partial charge in [0.15, 0.2) is 5.60 Å². The second-order valence-corrected chi connectivity index (χ2v) is 16.5. The molecule has 14 nitrogen and oxygen atoms in total. The molecule has 3 fully saturated rings. The van der Waals surface area contributed by atoms with Gasteiger partial charge in [0.25, 0.3) is 0 Å². The van der Waals surface area contributed by atoms with Crippen LogP contribution in [0.1, 0.15) is 73.6 Å². The summed E-state index contributed by atoms with van der Waals surface area (Å²) in [5, 5.41) is 12.6. The monoisotopic (exact) mass is 765 g/mol. The summed E-state index contributed by atoms with van der Waals surface area (Å²) in [6, 6.07) is 6.90. The lowest BCUT2D eigenvalue weighted by Gasteiger charge is -2.42. The third-order valence-electron chi connectivity index (χ3n) is 12.6.